The standard InChI is InChI=1S/C23H25N3O3S/c1-4-7-17-12-15(2)21(16(3)13-17)22-19(27)8-5-10-26(11-6-9-20(22)28)23(29)18-14-30-25-24-18/h12-14,22H,5-6,8-11H2,1-3H3. The second kappa shape index (κ2) is 9.77. The molecule has 2 aromatic rings. The summed E-state index contributed by atoms with van der Waals surface area (Å²) in [6.07, 6.45) is 1.54. The van der Waals surface area contributed by atoms with E-state index in [0.717, 1.165) is 33.8 Å². The molecule has 156 valence electrons. The van der Waals surface area contributed by atoms with Crippen molar-refractivity contribution in [1.82, 2.24) is 14.5 Å². The van der Waals surface area contributed by atoms with Crippen molar-refractivity contribution in [2.75, 3.05) is 13.1 Å². The zero-order chi connectivity index (χ0) is 21.7. The van der Waals surface area contributed by atoms with E-state index in [1.807, 2.05) is 26.0 Å². The fourth-order valence-corrected chi connectivity index (χ4v) is 4.49. The molecule has 2 heterocycles. The molecule has 1 fully saturated rings. The lowest BCUT2D eigenvalue weighted by Crippen LogP contribution is -2.35. The number of Topliss-reactive ketones (excluding diaryl/α,β-unsaturated/α-hetero) is 2. The molecule has 0 bridgehead atoms. The number of hydrogen-bond donors (Lipinski definition) is 0. The maximum Gasteiger partial charge on any atom is 0.275 e. The van der Waals surface area contributed by atoms with E-state index in [9.17, 15) is 14.4 Å². The first-order valence-electron chi connectivity index (χ1n) is 10.1. The number of aryl methyl sites for hydroxylation is 2. The summed E-state index contributed by atoms with van der Waals surface area (Å²) in [7, 11) is 0. The van der Waals surface area contributed by atoms with Crippen molar-refractivity contribution in [3.8, 4) is 11.8 Å². The molecule has 1 saturated heterocycles. The quantitative estimate of drug-likeness (QED) is 0.546. The number of rotatable bonds is 2. The molecule has 0 radical (unpaired) electrons. The zero-order valence-electron chi connectivity index (χ0n) is 17.5. The molecular formula is C23H25N3O3S. The summed E-state index contributed by atoms with van der Waals surface area (Å²) >= 11 is 1.13. The van der Waals surface area contributed by atoms with Gasteiger partial charge in [0, 0.05) is 36.9 Å². The summed E-state index contributed by atoms with van der Waals surface area (Å²) in [5.41, 5.74) is 3.86. The highest BCUT2D eigenvalue weighted by atomic mass is 32.1. The van der Waals surface area contributed by atoms with E-state index in [1.165, 1.54) is 0 Å². The van der Waals surface area contributed by atoms with Crippen LogP contribution in [0.3, 0.4) is 0 Å². The van der Waals surface area contributed by atoms with E-state index < -0.39 is 5.92 Å². The Morgan fingerprint density at radius 1 is 1.10 bits per heavy atom. The van der Waals surface area contributed by atoms with E-state index in [-0.39, 0.29) is 30.3 Å². The third-order valence-electron chi connectivity index (χ3n) is 5.36. The molecule has 1 aromatic carbocycles. The molecule has 0 spiro atoms. The van der Waals surface area contributed by atoms with Crippen molar-refractivity contribution in [3.63, 3.8) is 0 Å². The lowest BCUT2D eigenvalue weighted by molar-refractivity contribution is -0.129. The van der Waals surface area contributed by atoms with Crippen molar-refractivity contribution in [2.24, 2.45) is 0 Å². The van der Waals surface area contributed by atoms with Gasteiger partial charge >= 0.3 is 0 Å². The molecule has 3 rings (SSSR count). The highest BCUT2D eigenvalue weighted by Crippen LogP contribution is 2.30. The summed E-state index contributed by atoms with van der Waals surface area (Å²) in [6.45, 7) is 6.58. The molecule has 0 saturated carbocycles. The Hall–Kier alpha value is -2.85. The Labute approximate surface area is 180 Å². The number of hydrogen-bond acceptors (Lipinski definition) is 6. The molecule has 0 N–H and O–H groups in total. The summed E-state index contributed by atoms with van der Waals surface area (Å²) < 4.78 is 3.74. The molecule has 1 aromatic heterocycles. The fourth-order valence-electron chi connectivity index (χ4n) is 4.06. The topological polar surface area (TPSA) is 80.2 Å². The molecule has 7 heteroatoms. The van der Waals surface area contributed by atoms with Crippen LogP contribution in [0.1, 0.15) is 71.3 Å². The minimum Gasteiger partial charge on any atom is -0.337 e. The Bertz CT molecular complexity index is 973. The molecule has 1 amide bonds. The molecule has 1 aliphatic rings. The smallest absolute Gasteiger partial charge is 0.275 e. The van der Waals surface area contributed by atoms with Crippen LogP contribution < -0.4 is 0 Å². The molecule has 1 aliphatic heterocycles. The highest BCUT2D eigenvalue weighted by molar-refractivity contribution is 7.03. The largest absolute Gasteiger partial charge is 0.337 e. The first-order chi connectivity index (χ1) is 14.4. The summed E-state index contributed by atoms with van der Waals surface area (Å²) in [5.74, 6) is 4.84. The van der Waals surface area contributed by atoms with Crippen LogP contribution in [0.15, 0.2) is 17.5 Å². The molecule has 0 atom stereocenters. The molecule has 30 heavy (non-hydrogen) atoms. The van der Waals surface area contributed by atoms with Gasteiger partial charge in [0.05, 0.1) is 0 Å². The summed E-state index contributed by atoms with van der Waals surface area (Å²) in [5, 5.41) is 5.46. The minimum atomic E-state index is -0.737. The van der Waals surface area contributed by atoms with Crippen LogP contribution in [0, 0.1) is 25.7 Å². The summed E-state index contributed by atoms with van der Waals surface area (Å²) in [4.78, 5) is 40.5. The average molecular weight is 424 g/mol. The lowest BCUT2D eigenvalue weighted by Gasteiger charge is -2.25. The van der Waals surface area contributed by atoms with Crippen molar-refractivity contribution >= 4 is 29.0 Å². The second-order valence-electron chi connectivity index (χ2n) is 7.55. The van der Waals surface area contributed by atoms with E-state index in [0.29, 0.717) is 31.6 Å². The number of nitrogens with zero attached hydrogens (tertiary/aromatic N) is 3. The predicted molar refractivity (Wildman–Crippen MR) is 116 cm³/mol. The van der Waals surface area contributed by atoms with Crippen molar-refractivity contribution < 1.29 is 14.4 Å². The number of aromatic nitrogens is 2. The van der Waals surface area contributed by atoms with Gasteiger partial charge in [0.15, 0.2) is 5.69 Å². The number of amides is 1. The first-order valence-corrected chi connectivity index (χ1v) is 10.9. The van der Waals surface area contributed by atoms with Crippen LogP contribution in [-0.2, 0) is 9.59 Å². The Morgan fingerprint density at radius 2 is 1.70 bits per heavy atom. The van der Waals surface area contributed by atoms with Gasteiger partial charge in [-0.25, -0.2) is 0 Å². The highest BCUT2D eigenvalue weighted by Gasteiger charge is 2.31. The summed E-state index contributed by atoms with van der Waals surface area (Å²) in [6, 6.07) is 3.89. The number of benzene rings is 1. The van der Waals surface area contributed by atoms with Gasteiger partial charge in [-0.15, -0.1) is 11.0 Å². The van der Waals surface area contributed by atoms with Gasteiger partial charge < -0.3 is 4.90 Å². The Balaban J connectivity index is 1.82. The van der Waals surface area contributed by atoms with E-state index in [4.69, 9.17) is 0 Å². The predicted octanol–water partition coefficient (Wildman–Crippen LogP) is 3.46. The molecular weight excluding hydrogens is 398 g/mol. The van der Waals surface area contributed by atoms with Crippen LogP contribution in [0.4, 0.5) is 0 Å². The van der Waals surface area contributed by atoms with Crippen LogP contribution in [-0.4, -0.2) is 45.1 Å². The van der Waals surface area contributed by atoms with Crippen molar-refractivity contribution in [1.29, 1.82) is 0 Å². The normalized spacial score (nSPS) is 16.2. The first kappa shape index (κ1) is 21.8. The third kappa shape index (κ3) is 4.82. The third-order valence-corrected chi connectivity index (χ3v) is 5.87. The number of carbonyl (C=O) groups excluding carboxylic acids is 3. The van der Waals surface area contributed by atoms with Gasteiger partial charge in [0.2, 0.25) is 0 Å². The Kier molecular flexibility index (Phi) is 7.11. The van der Waals surface area contributed by atoms with E-state index >= 15 is 0 Å². The van der Waals surface area contributed by atoms with E-state index in [2.05, 4.69) is 21.4 Å². The van der Waals surface area contributed by atoms with Crippen LogP contribution >= 0.6 is 11.5 Å². The maximum atomic E-state index is 13.1. The number of ketones is 2. The maximum absolute atomic E-state index is 13.1. The van der Waals surface area contributed by atoms with Crippen LogP contribution in [0.5, 0.6) is 0 Å². The second-order valence-corrected chi connectivity index (χ2v) is 8.16. The van der Waals surface area contributed by atoms with Gasteiger partial charge in [-0.3, -0.25) is 14.4 Å². The fraction of sp³-hybridized carbons (Fsp3) is 0.435. The van der Waals surface area contributed by atoms with Crippen molar-refractivity contribution in [3.05, 3.63) is 45.5 Å². The van der Waals surface area contributed by atoms with Gasteiger partial charge in [-0.2, -0.15) is 0 Å². The van der Waals surface area contributed by atoms with Gasteiger partial charge in [0.25, 0.3) is 5.91 Å². The van der Waals surface area contributed by atoms with Crippen LogP contribution in [0.2, 0.25) is 0 Å². The van der Waals surface area contributed by atoms with Crippen molar-refractivity contribution in [2.45, 2.75) is 52.4 Å². The zero-order valence-corrected chi connectivity index (χ0v) is 18.3. The molecule has 0 aliphatic carbocycles. The lowest BCUT2D eigenvalue weighted by atomic mass is 9.81. The van der Waals surface area contributed by atoms with Gasteiger partial charge in [-0.05, 0) is 74.0 Å². The minimum absolute atomic E-state index is 0.0786. The van der Waals surface area contributed by atoms with E-state index in [1.54, 1.807) is 17.2 Å². The van der Waals surface area contributed by atoms with Crippen LogP contribution in [0.25, 0.3) is 0 Å². The number of carbonyl (C=O) groups is 3. The van der Waals surface area contributed by atoms with Gasteiger partial charge in [0.1, 0.15) is 17.5 Å². The monoisotopic (exact) mass is 423 g/mol. The molecule has 0 unspecified atom stereocenters. The van der Waals surface area contributed by atoms with Gasteiger partial charge in [-0.1, -0.05) is 10.4 Å². The SMILES string of the molecule is CC#Cc1cc(C)c(C2C(=O)CCCN(C(=O)c3csnn3)CCCC2=O)c(C)c1. The average Bonchev–Trinajstić information content (AvgIpc) is 3.23. The Morgan fingerprint density at radius 3 is 2.20 bits per heavy atom. The molecule has 6 nitrogen and oxygen atoms in total.